The van der Waals surface area contributed by atoms with Gasteiger partial charge in [-0.25, -0.2) is 4.79 Å². The first-order chi connectivity index (χ1) is 12.6. The fraction of sp³-hybridized carbons (Fsp3) is 0.818. The van der Waals surface area contributed by atoms with Gasteiger partial charge in [-0.2, -0.15) is 0 Å². The van der Waals surface area contributed by atoms with Gasteiger partial charge in [0.1, 0.15) is 18.5 Å². The van der Waals surface area contributed by atoms with E-state index in [9.17, 15) is 19.8 Å². The van der Waals surface area contributed by atoms with Crippen molar-refractivity contribution in [2.24, 2.45) is 39.4 Å². The molecule has 0 saturated heterocycles. The smallest absolute Gasteiger partial charge is 0.332 e. The molecular weight excluding hydrogens is 344 g/mol. The second-order valence-electron chi connectivity index (χ2n) is 10.1. The third-order valence-electron chi connectivity index (χ3n) is 9.48. The molecule has 5 nitrogen and oxygen atoms in total. The van der Waals surface area contributed by atoms with E-state index in [1.807, 2.05) is 6.92 Å². The van der Waals surface area contributed by atoms with Gasteiger partial charge in [-0.15, -0.1) is 6.58 Å². The Hall–Kier alpha value is -1.20. The van der Waals surface area contributed by atoms with E-state index in [1.54, 1.807) is 6.08 Å². The second-order valence-corrected chi connectivity index (χ2v) is 10.1. The van der Waals surface area contributed by atoms with Gasteiger partial charge in [-0.3, -0.25) is 4.79 Å². The van der Waals surface area contributed by atoms with E-state index >= 15 is 0 Å². The van der Waals surface area contributed by atoms with E-state index in [4.69, 9.17) is 4.74 Å². The molecule has 0 aliphatic heterocycles. The molecule has 4 rings (SSSR count). The molecule has 2 N–H and O–H groups in total. The molecule has 0 heterocycles. The lowest BCUT2D eigenvalue weighted by Gasteiger charge is -2.51. The predicted molar refractivity (Wildman–Crippen MR) is 99.5 cm³/mol. The van der Waals surface area contributed by atoms with Crippen LogP contribution in [-0.2, 0) is 14.3 Å². The Kier molecular flexibility index (Phi) is 3.86. The van der Waals surface area contributed by atoms with Gasteiger partial charge in [0, 0.05) is 22.7 Å². The van der Waals surface area contributed by atoms with Crippen LogP contribution in [0.1, 0.15) is 53.4 Å². The molecule has 5 heteroatoms. The van der Waals surface area contributed by atoms with Crippen molar-refractivity contribution in [2.75, 3.05) is 6.61 Å². The second kappa shape index (κ2) is 5.44. The molecule has 0 aromatic rings. The third-order valence-corrected chi connectivity index (χ3v) is 9.48. The molecule has 2 spiro atoms. The Morgan fingerprint density at radius 2 is 2.00 bits per heavy atom. The van der Waals surface area contributed by atoms with E-state index in [0.29, 0.717) is 18.6 Å². The molecule has 0 radical (unpaired) electrons. The molecule has 4 aliphatic rings. The normalized spacial score (nSPS) is 55.9. The largest absolute Gasteiger partial charge is 0.460 e. The molecule has 0 bridgehead atoms. The van der Waals surface area contributed by atoms with Gasteiger partial charge in [0.2, 0.25) is 0 Å². The Morgan fingerprint density at radius 1 is 1.33 bits per heavy atom. The molecule has 4 fully saturated rings. The van der Waals surface area contributed by atoms with Gasteiger partial charge < -0.3 is 14.9 Å². The van der Waals surface area contributed by atoms with E-state index in [0.717, 1.165) is 12.8 Å². The molecule has 27 heavy (non-hydrogen) atoms. The maximum Gasteiger partial charge on any atom is 0.332 e. The first-order valence-electron chi connectivity index (χ1n) is 10.2. The van der Waals surface area contributed by atoms with E-state index in [-0.39, 0.29) is 34.0 Å². The first-order valence-corrected chi connectivity index (χ1v) is 10.2. The SMILES string of the molecule is C=C[C@]1(C)C[C@@H](OC(=O)CO)[C@]2(C)C(C)CC34C(=O)CC[C@@]3([C@@H](C)[C@@H]1O)[C@@H]42. The summed E-state index contributed by atoms with van der Waals surface area (Å²) in [6.07, 6.45) is 3.31. The molecule has 0 amide bonds. The lowest BCUT2D eigenvalue weighted by atomic mass is 9.57. The van der Waals surface area contributed by atoms with Crippen LogP contribution in [0.3, 0.4) is 0 Å². The number of Topliss-reactive ketones (excluding diaryl/α,β-unsaturated/α-hetero) is 1. The highest BCUT2D eigenvalue weighted by molar-refractivity contribution is 5.94. The minimum Gasteiger partial charge on any atom is -0.460 e. The van der Waals surface area contributed by atoms with Gasteiger partial charge >= 0.3 is 5.97 Å². The number of hydrogen-bond acceptors (Lipinski definition) is 5. The van der Waals surface area contributed by atoms with Gasteiger partial charge in [0.15, 0.2) is 0 Å². The molecule has 2 unspecified atom stereocenters. The molecule has 4 saturated carbocycles. The Bertz CT molecular complexity index is 717. The summed E-state index contributed by atoms with van der Waals surface area (Å²) in [5.74, 6) is 0.0276. The summed E-state index contributed by atoms with van der Waals surface area (Å²) >= 11 is 0. The van der Waals surface area contributed by atoms with Gasteiger partial charge in [0.25, 0.3) is 0 Å². The van der Waals surface area contributed by atoms with Crippen LogP contribution in [-0.4, -0.2) is 40.8 Å². The standard InChI is InChI=1S/C22H32O5/c1-6-19(4)10-15(27-16(25)11-23)20(5)12(2)9-22-14(24)7-8-21(22,18(20)22)13(3)17(19)26/h6,12-13,15,17-18,23,26H,1,7-11H2,2-5H3/t12?,13-,15+,17-,18-,19+,20-,21+,22?/m0/s1. The molecule has 150 valence electrons. The Balaban J connectivity index is 1.89. The lowest BCUT2D eigenvalue weighted by Crippen LogP contribution is -2.53. The zero-order valence-electron chi connectivity index (χ0n) is 16.8. The Morgan fingerprint density at radius 3 is 2.59 bits per heavy atom. The minimum absolute atomic E-state index is 0.0155. The number of aliphatic hydroxyl groups excluding tert-OH is 2. The summed E-state index contributed by atoms with van der Waals surface area (Å²) in [6, 6.07) is 0. The average Bonchev–Trinajstić information content (AvgIpc) is 3.02. The topological polar surface area (TPSA) is 83.8 Å². The number of carbonyl (C=O) groups is 2. The predicted octanol–water partition coefficient (Wildman–Crippen LogP) is 2.50. The summed E-state index contributed by atoms with van der Waals surface area (Å²) in [7, 11) is 0. The van der Waals surface area contributed by atoms with Crippen molar-refractivity contribution in [3.8, 4) is 0 Å². The van der Waals surface area contributed by atoms with Crippen molar-refractivity contribution in [2.45, 2.75) is 65.6 Å². The lowest BCUT2D eigenvalue weighted by molar-refractivity contribution is -0.173. The summed E-state index contributed by atoms with van der Waals surface area (Å²) in [5.41, 5.74) is -1.56. The molecule has 0 aromatic heterocycles. The highest BCUT2D eigenvalue weighted by atomic mass is 16.6. The van der Waals surface area contributed by atoms with E-state index < -0.39 is 30.2 Å². The van der Waals surface area contributed by atoms with Gasteiger partial charge in [0.05, 0.1) is 6.10 Å². The van der Waals surface area contributed by atoms with E-state index in [1.165, 1.54) is 0 Å². The van der Waals surface area contributed by atoms with Crippen LogP contribution in [0.25, 0.3) is 0 Å². The molecular formula is C22H32O5. The van der Waals surface area contributed by atoms with Crippen molar-refractivity contribution in [3.05, 3.63) is 12.7 Å². The quantitative estimate of drug-likeness (QED) is 0.584. The highest BCUT2D eigenvalue weighted by Gasteiger charge is 2.92. The fourth-order valence-corrected chi connectivity index (χ4v) is 8.01. The molecule has 0 aromatic carbocycles. The van der Waals surface area contributed by atoms with Crippen molar-refractivity contribution in [3.63, 3.8) is 0 Å². The maximum atomic E-state index is 13.1. The minimum atomic E-state index is -0.662. The van der Waals surface area contributed by atoms with Crippen molar-refractivity contribution in [1.82, 2.24) is 0 Å². The van der Waals surface area contributed by atoms with Crippen LogP contribution >= 0.6 is 0 Å². The van der Waals surface area contributed by atoms with E-state index in [2.05, 4.69) is 27.4 Å². The number of ether oxygens (including phenoxy) is 1. The molecule has 4 aliphatic carbocycles. The van der Waals surface area contributed by atoms with Gasteiger partial charge in [-0.1, -0.05) is 33.8 Å². The Labute approximate surface area is 161 Å². The monoisotopic (exact) mass is 376 g/mol. The van der Waals surface area contributed by atoms with Crippen LogP contribution in [0.5, 0.6) is 0 Å². The average molecular weight is 376 g/mol. The number of hydrogen-bond donors (Lipinski definition) is 2. The summed E-state index contributed by atoms with van der Waals surface area (Å²) in [5, 5.41) is 20.6. The summed E-state index contributed by atoms with van der Waals surface area (Å²) < 4.78 is 5.79. The van der Waals surface area contributed by atoms with Crippen LogP contribution in [0, 0.1) is 39.4 Å². The number of ketones is 1. The molecule has 9 atom stereocenters. The van der Waals surface area contributed by atoms with Crippen LogP contribution in [0.4, 0.5) is 0 Å². The first kappa shape index (κ1) is 19.1. The number of carbonyl (C=O) groups excluding carboxylic acids is 2. The highest BCUT2D eigenvalue weighted by Crippen LogP contribution is 2.91. The zero-order chi connectivity index (χ0) is 20.0. The van der Waals surface area contributed by atoms with Gasteiger partial charge in [-0.05, 0) is 42.4 Å². The fourth-order valence-electron chi connectivity index (χ4n) is 8.01. The third kappa shape index (κ3) is 1.88. The number of aliphatic hydroxyl groups is 2. The summed E-state index contributed by atoms with van der Waals surface area (Å²) in [4.78, 5) is 25.1. The summed E-state index contributed by atoms with van der Waals surface area (Å²) in [6.45, 7) is 11.7. The van der Waals surface area contributed by atoms with Crippen LogP contribution < -0.4 is 0 Å². The van der Waals surface area contributed by atoms with Crippen molar-refractivity contribution >= 4 is 11.8 Å². The van der Waals surface area contributed by atoms with Crippen LogP contribution in [0.2, 0.25) is 0 Å². The zero-order valence-corrected chi connectivity index (χ0v) is 16.8. The number of rotatable bonds is 3. The van der Waals surface area contributed by atoms with Crippen molar-refractivity contribution < 1.29 is 24.5 Å². The van der Waals surface area contributed by atoms with Crippen molar-refractivity contribution in [1.29, 1.82) is 0 Å². The number of esters is 1. The van der Waals surface area contributed by atoms with Crippen LogP contribution in [0.15, 0.2) is 12.7 Å². The maximum absolute atomic E-state index is 13.1.